The summed E-state index contributed by atoms with van der Waals surface area (Å²) in [5.74, 6) is 1.32. The Morgan fingerprint density at radius 3 is 3.00 bits per heavy atom. The number of halogens is 1. The molecule has 0 saturated carbocycles. The lowest BCUT2D eigenvalue weighted by Crippen LogP contribution is -1.99. The summed E-state index contributed by atoms with van der Waals surface area (Å²) in [6.07, 6.45) is 4.52. The zero-order valence-corrected chi connectivity index (χ0v) is 8.86. The molecule has 0 aliphatic carbocycles. The summed E-state index contributed by atoms with van der Waals surface area (Å²) < 4.78 is 1.89. The lowest BCUT2D eigenvalue weighted by Gasteiger charge is -2.05. The van der Waals surface area contributed by atoms with Gasteiger partial charge in [-0.1, -0.05) is 25.4 Å². The van der Waals surface area contributed by atoms with E-state index >= 15 is 0 Å². The Kier molecular flexibility index (Phi) is 2.37. The van der Waals surface area contributed by atoms with Crippen molar-refractivity contribution in [3.63, 3.8) is 0 Å². The van der Waals surface area contributed by atoms with Gasteiger partial charge in [-0.2, -0.15) is 0 Å². The molecule has 0 aliphatic heterocycles. The van der Waals surface area contributed by atoms with Crippen molar-refractivity contribution in [2.75, 3.05) is 0 Å². The molecular weight excluding hydrogens is 200 g/mol. The quantitative estimate of drug-likeness (QED) is 0.764. The Balaban J connectivity index is 2.63. The van der Waals surface area contributed by atoms with Crippen LogP contribution in [0.2, 0.25) is 5.15 Å². The molecule has 4 nitrogen and oxygen atoms in total. The molecule has 2 aromatic heterocycles. The van der Waals surface area contributed by atoms with Crippen molar-refractivity contribution < 1.29 is 0 Å². The lowest BCUT2D eigenvalue weighted by atomic mass is 10.1. The van der Waals surface area contributed by atoms with Crippen LogP contribution >= 0.6 is 11.6 Å². The van der Waals surface area contributed by atoms with E-state index in [-0.39, 0.29) is 0 Å². The van der Waals surface area contributed by atoms with E-state index in [1.807, 2.05) is 10.6 Å². The highest BCUT2D eigenvalue weighted by Crippen LogP contribution is 2.19. The second-order valence-corrected chi connectivity index (χ2v) is 3.64. The topological polar surface area (TPSA) is 43.1 Å². The first-order valence-corrected chi connectivity index (χ1v) is 4.97. The number of nitrogens with zero attached hydrogens (tertiary/aromatic N) is 4. The van der Waals surface area contributed by atoms with Gasteiger partial charge in [-0.25, -0.2) is 4.98 Å². The molecule has 0 bridgehead atoms. The van der Waals surface area contributed by atoms with Crippen LogP contribution in [0, 0.1) is 0 Å². The molecule has 0 amide bonds. The molecule has 0 saturated heterocycles. The molecule has 14 heavy (non-hydrogen) atoms. The standard InChI is InChI=1S/C9H11ClN4/c1-3-6(2)8-12-13-9-7(10)11-4-5-14(8)9/h4-6H,3H2,1-2H3. The van der Waals surface area contributed by atoms with Crippen LogP contribution in [0.3, 0.4) is 0 Å². The van der Waals surface area contributed by atoms with Crippen LogP contribution in [0.15, 0.2) is 12.4 Å². The maximum Gasteiger partial charge on any atom is 0.198 e. The van der Waals surface area contributed by atoms with Gasteiger partial charge in [-0.15, -0.1) is 10.2 Å². The molecule has 5 heteroatoms. The fraction of sp³-hybridized carbons (Fsp3) is 0.444. The fourth-order valence-electron chi connectivity index (χ4n) is 1.33. The van der Waals surface area contributed by atoms with E-state index in [9.17, 15) is 0 Å². The summed E-state index contributed by atoms with van der Waals surface area (Å²) in [6.45, 7) is 4.24. The molecule has 1 atom stereocenters. The van der Waals surface area contributed by atoms with E-state index in [0.29, 0.717) is 16.7 Å². The first-order valence-electron chi connectivity index (χ1n) is 4.59. The number of hydrogen-bond donors (Lipinski definition) is 0. The minimum atomic E-state index is 0.378. The number of aromatic nitrogens is 4. The second-order valence-electron chi connectivity index (χ2n) is 3.28. The summed E-state index contributed by atoms with van der Waals surface area (Å²) >= 11 is 5.88. The van der Waals surface area contributed by atoms with Crippen molar-refractivity contribution >= 4 is 17.2 Å². The van der Waals surface area contributed by atoms with Gasteiger partial charge in [0, 0.05) is 18.3 Å². The normalized spacial score (nSPS) is 13.4. The van der Waals surface area contributed by atoms with Crippen molar-refractivity contribution in [2.45, 2.75) is 26.2 Å². The van der Waals surface area contributed by atoms with Gasteiger partial charge in [-0.05, 0) is 6.42 Å². The van der Waals surface area contributed by atoms with Crippen molar-refractivity contribution in [3.8, 4) is 0 Å². The maximum absolute atomic E-state index is 5.88. The van der Waals surface area contributed by atoms with Crippen LogP contribution in [0.5, 0.6) is 0 Å². The maximum atomic E-state index is 5.88. The third kappa shape index (κ3) is 1.35. The minimum absolute atomic E-state index is 0.378. The van der Waals surface area contributed by atoms with Gasteiger partial charge in [-0.3, -0.25) is 4.40 Å². The number of rotatable bonds is 2. The molecular formula is C9H11ClN4. The zero-order valence-electron chi connectivity index (χ0n) is 8.11. The molecule has 2 rings (SSSR count). The van der Waals surface area contributed by atoms with Gasteiger partial charge < -0.3 is 0 Å². The first-order chi connectivity index (χ1) is 6.74. The molecule has 2 aromatic rings. The van der Waals surface area contributed by atoms with Crippen LogP contribution in [0.1, 0.15) is 32.0 Å². The van der Waals surface area contributed by atoms with E-state index in [1.165, 1.54) is 0 Å². The Labute approximate surface area is 86.9 Å². The average molecular weight is 211 g/mol. The lowest BCUT2D eigenvalue weighted by molar-refractivity contribution is 0.669. The minimum Gasteiger partial charge on any atom is -0.282 e. The van der Waals surface area contributed by atoms with Gasteiger partial charge in [0.1, 0.15) is 5.82 Å². The molecule has 0 fully saturated rings. The average Bonchev–Trinajstić information content (AvgIpc) is 2.62. The number of hydrogen-bond acceptors (Lipinski definition) is 3. The van der Waals surface area contributed by atoms with E-state index in [1.54, 1.807) is 6.20 Å². The Morgan fingerprint density at radius 1 is 1.50 bits per heavy atom. The summed E-state index contributed by atoms with van der Waals surface area (Å²) in [6, 6.07) is 0. The van der Waals surface area contributed by atoms with Crippen LogP contribution in [0.25, 0.3) is 5.65 Å². The van der Waals surface area contributed by atoms with Crippen LogP contribution in [-0.4, -0.2) is 19.6 Å². The second kappa shape index (κ2) is 3.53. The number of fused-ring (bicyclic) bond motifs is 1. The van der Waals surface area contributed by atoms with E-state index in [4.69, 9.17) is 11.6 Å². The third-order valence-corrected chi connectivity index (χ3v) is 2.63. The first kappa shape index (κ1) is 9.40. The van der Waals surface area contributed by atoms with Crippen molar-refractivity contribution in [3.05, 3.63) is 23.4 Å². The van der Waals surface area contributed by atoms with Crippen LogP contribution < -0.4 is 0 Å². The zero-order chi connectivity index (χ0) is 10.1. The van der Waals surface area contributed by atoms with E-state index in [2.05, 4.69) is 29.0 Å². The van der Waals surface area contributed by atoms with Crippen molar-refractivity contribution in [1.29, 1.82) is 0 Å². The predicted octanol–water partition coefficient (Wildman–Crippen LogP) is 2.29. The molecule has 0 N–H and O–H groups in total. The molecule has 0 radical (unpaired) electrons. The Hall–Kier alpha value is -1.16. The highest BCUT2D eigenvalue weighted by atomic mass is 35.5. The molecule has 0 spiro atoms. The fourth-order valence-corrected chi connectivity index (χ4v) is 1.52. The smallest absolute Gasteiger partial charge is 0.198 e. The SMILES string of the molecule is CCC(C)c1nnc2c(Cl)nccn12. The van der Waals surface area contributed by atoms with Crippen molar-refractivity contribution in [1.82, 2.24) is 19.6 Å². The van der Waals surface area contributed by atoms with Gasteiger partial charge >= 0.3 is 0 Å². The van der Waals surface area contributed by atoms with E-state index < -0.39 is 0 Å². The van der Waals surface area contributed by atoms with Gasteiger partial charge in [0.25, 0.3) is 0 Å². The molecule has 74 valence electrons. The van der Waals surface area contributed by atoms with E-state index in [0.717, 1.165) is 12.2 Å². The monoisotopic (exact) mass is 210 g/mol. The van der Waals surface area contributed by atoms with Gasteiger partial charge in [0.2, 0.25) is 0 Å². The molecule has 1 unspecified atom stereocenters. The highest BCUT2D eigenvalue weighted by molar-refractivity contribution is 6.32. The van der Waals surface area contributed by atoms with Crippen LogP contribution in [-0.2, 0) is 0 Å². The van der Waals surface area contributed by atoms with Gasteiger partial charge in [0.05, 0.1) is 0 Å². The summed E-state index contributed by atoms with van der Waals surface area (Å²) in [5.41, 5.74) is 0.629. The summed E-state index contributed by atoms with van der Waals surface area (Å²) in [5, 5.41) is 8.52. The highest BCUT2D eigenvalue weighted by Gasteiger charge is 2.13. The van der Waals surface area contributed by atoms with Gasteiger partial charge in [0.15, 0.2) is 10.8 Å². The predicted molar refractivity (Wildman–Crippen MR) is 54.5 cm³/mol. The Bertz CT molecular complexity index is 451. The van der Waals surface area contributed by atoms with Crippen LogP contribution in [0.4, 0.5) is 0 Å². The summed E-state index contributed by atoms with van der Waals surface area (Å²) in [4.78, 5) is 3.95. The Morgan fingerprint density at radius 2 is 2.29 bits per heavy atom. The molecule has 0 aromatic carbocycles. The largest absolute Gasteiger partial charge is 0.282 e. The molecule has 2 heterocycles. The summed E-state index contributed by atoms with van der Waals surface area (Å²) in [7, 11) is 0. The van der Waals surface area contributed by atoms with Crippen molar-refractivity contribution in [2.24, 2.45) is 0 Å². The molecule has 0 aliphatic rings. The third-order valence-electron chi connectivity index (χ3n) is 2.36.